The second kappa shape index (κ2) is 7.37. The van der Waals surface area contributed by atoms with Crippen LogP contribution in [0.5, 0.6) is 17.2 Å². The minimum Gasteiger partial charge on any atom is -0.493 e. The number of nitrogens with one attached hydrogen (secondary N) is 1. The molecule has 1 unspecified atom stereocenters. The molecule has 116 valence electrons. The van der Waals surface area contributed by atoms with Crippen molar-refractivity contribution in [2.24, 2.45) is 0 Å². The van der Waals surface area contributed by atoms with Crippen molar-refractivity contribution in [3.05, 3.63) is 17.7 Å². The maximum Gasteiger partial charge on any atom is 0.305 e. The van der Waals surface area contributed by atoms with E-state index in [0.717, 1.165) is 0 Å². The van der Waals surface area contributed by atoms with Crippen LogP contribution in [-0.2, 0) is 9.59 Å². The summed E-state index contributed by atoms with van der Waals surface area (Å²) in [5, 5.41) is 11.6. The van der Waals surface area contributed by atoms with Gasteiger partial charge in [0, 0.05) is 12.5 Å². The molecule has 1 aromatic carbocycles. The molecule has 0 radical (unpaired) electrons. The summed E-state index contributed by atoms with van der Waals surface area (Å²) in [7, 11) is 4.38. The lowest BCUT2D eigenvalue weighted by Crippen LogP contribution is -2.28. The molecular weight excluding hydrogens is 278 g/mol. The number of carbonyl (C=O) groups excluding carboxylic acids is 1. The van der Waals surface area contributed by atoms with Gasteiger partial charge in [-0.05, 0) is 12.1 Å². The minimum atomic E-state index is -1.04. The first-order valence-electron chi connectivity index (χ1n) is 6.22. The fourth-order valence-electron chi connectivity index (χ4n) is 2.06. The standard InChI is InChI=1S/C14H19NO6/c1-8(16)15-10(7-12(17)18)9-5-6-11(19-2)14(21-4)13(9)20-3/h5-6,10H,7H2,1-4H3,(H,15,16)(H,17,18). The van der Waals surface area contributed by atoms with E-state index in [4.69, 9.17) is 19.3 Å². The normalized spacial score (nSPS) is 11.4. The van der Waals surface area contributed by atoms with Gasteiger partial charge < -0.3 is 24.6 Å². The number of methoxy groups -OCH3 is 3. The predicted octanol–water partition coefficient (Wildman–Crippen LogP) is 1.36. The summed E-state index contributed by atoms with van der Waals surface area (Å²) in [6.45, 7) is 1.32. The summed E-state index contributed by atoms with van der Waals surface area (Å²) in [4.78, 5) is 22.3. The molecule has 1 atom stereocenters. The Kier molecular flexibility index (Phi) is 5.83. The number of hydrogen-bond donors (Lipinski definition) is 2. The Hall–Kier alpha value is -2.44. The molecule has 0 bridgehead atoms. The number of aliphatic carboxylic acids is 1. The van der Waals surface area contributed by atoms with Gasteiger partial charge in [0.1, 0.15) is 0 Å². The lowest BCUT2D eigenvalue weighted by atomic mass is 10.0. The van der Waals surface area contributed by atoms with Crippen molar-refractivity contribution in [3.63, 3.8) is 0 Å². The second-order valence-electron chi connectivity index (χ2n) is 4.27. The third-order valence-electron chi connectivity index (χ3n) is 2.87. The first kappa shape index (κ1) is 16.6. The van der Waals surface area contributed by atoms with Gasteiger partial charge in [-0.25, -0.2) is 0 Å². The Labute approximate surface area is 122 Å². The van der Waals surface area contributed by atoms with E-state index in [0.29, 0.717) is 22.8 Å². The van der Waals surface area contributed by atoms with Gasteiger partial charge in [-0.15, -0.1) is 0 Å². The molecular formula is C14H19NO6. The van der Waals surface area contributed by atoms with Gasteiger partial charge in [0.2, 0.25) is 11.7 Å². The number of hydrogen-bond acceptors (Lipinski definition) is 5. The molecule has 0 heterocycles. The highest BCUT2D eigenvalue weighted by Crippen LogP contribution is 2.42. The summed E-state index contributed by atoms with van der Waals surface area (Å²) >= 11 is 0. The molecule has 0 aliphatic carbocycles. The predicted molar refractivity (Wildman–Crippen MR) is 74.9 cm³/mol. The number of carbonyl (C=O) groups is 2. The zero-order valence-electron chi connectivity index (χ0n) is 12.4. The number of rotatable bonds is 7. The Balaban J connectivity index is 3.35. The van der Waals surface area contributed by atoms with Crippen molar-refractivity contribution in [2.75, 3.05) is 21.3 Å². The SMILES string of the molecule is COc1ccc(C(CC(=O)O)NC(C)=O)c(OC)c1OC. The van der Waals surface area contributed by atoms with E-state index < -0.39 is 12.0 Å². The molecule has 1 rings (SSSR count). The van der Waals surface area contributed by atoms with Gasteiger partial charge in [-0.3, -0.25) is 9.59 Å². The van der Waals surface area contributed by atoms with Crippen LogP contribution in [0.4, 0.5) is 0 Å². The fourth-order valence-corrected chi connectivity index (χ4v) is 2.06. The molecule has 0 fully saturated rings. The van der Waals surface area contributed by atoms with E-state index in [-0.39, 0.29) is 12.3 Å². The first-order chi connectivity index (χ1) is 9.94. The lowest BCUT2D eigenvalue weighted by molar-refractivity contribution is -0.137. The summed E-state index contributed by atoms with van der Waals surface area (Å²) in [5.41, 5.74) is 0.507. The average molecular weight is 297 g/mol. The average Bonchev–Trinajstić information content (AvgIpc) is 2.43. The van der Waals surface area contributed by atoms with Crippen LogP contribution >= 0.6 is 0 Å². The van der Waals surface area contributed by atoms with Crippen molar-refractivity contribution >= 4 is 11.9 Å². The highest BCUT2D eigenvalue weighted by molar-refractivity contribution is 5.76. The van der Waals surface area contributed by atoms with E-state index in [2.05, 4.69) is 5.32 Å². The highest BCUT2D eigenvalue weighted by Gasteiger charge is 2.24. The zero-order valence-corrected chi connectivity index (χ0v) is 12.4. The van der Waals surface area contributed by atoms with Crippen LogP contribution in [-0.4, -0.2) is 38.3 Å². The monoisotopic (exact) mass is 297 g/mol. The van der Waals surface area contributed by atoms with Crippen LogP contribution in [0.25, 0.3) is 0 Å². The molecule has 21 heavy (non-hydrogen) atoms. The lowest BCUT2D eigenvalue weighted by Gasteiger charge is -2.21. The van der Waals surface area contributed by atoms with Crippen molar-refractivity contribution in [1.29, 1.82) is 0 Å². The molecule has 0 aliphatic heterocycles. The van der Waals surface area contributed by atoms with E-state index in [1.807, 2.05) is 0 Å². The van der Waals surface area contributed by atoms with Crippen molar-refractivity contribution in [3.8, 4) is 17.2 Å². The maximum absolute atomic E-state index is 11.3. The Morgan fingerprint density at radius 3 is 2.19 bits per heavy atom. The third-order valence-corrected chi connectivity index (χ3v) is 2.87. The molecule has 0 spiro atoms. The molecule has 2 N–H and O–H groups in total. The molecule has 0 aliphatic rings. The van der Waals surface area contributed by atoms with Gasteiger partial charge in [-0.2, -0.15) is 0 Å². The first-order valence-corrected chi connectivity index (χ1v) is 6.22. The number of benzene rings is 1. The largest absolute Gasteiger partial charge is 0.493 e. The second-order valence-corrected chi connectivity index (χ2v) is 4.27. The van der Waals surface area contributed by atoms with Crippen LogP contribution in [0.3, 0.4) is 0 Å². The molecule has 0 aromatic heterocycles. The molecule has 0 saturated carbocycles. The quantitative estimate of drug-likeness (QED) is 0.789. The Morgan fingerprint density at radius 2 is 1.76 bits per heavy atom. The van der Waals surface area contributed by atoms with E-state index in [9.17, 15) is 9.59 Å². The molecule has 1 amide bonds. The molecule has 7 nitrogen and oxygen atoms in total. The van der Waals surface area contributed by atoms with Gasteiger partial charge in [0.05, 0.1) is 33.8 Å². The number of ether oxygens (including phenoxy) is 3. The van der Waals surface area contributed by atoms with Crippen LogP contribution in [0.2, 0.25) is 0 Å². The number of carboxylic acids is 1. The minimum absolute atomic E-state index is 0.272. The van der Waals surface area contributed by atoms with Crippen LogP contribution in [0.15, 0.2) is 12.1 Å². The summed E-state index contributed by atoms with van der Waals surface area (Å²) in [6.07, 6.45) is -0.272. The van der Waals surface area contributed by atoms with E-state index in [1.165, 1.54) is 28.3 Å². The van der Waals surface area contributed by atoms with Crippen LogP contribution < -0.4 is 19.5 Å². The highest BCUT2D eigenvalue weighted by atomic mass is 16.5. The van der Waals surface area contributed by atoms with Crippen molar-refractivity contribution < 1.29 is 28.9 Å². The number of carboxylic acid groups (broad SMARTS) is 1. The van der Waals surface area contributed by atoms with Gasteiger partial charge >= 0.3 is 5.97 Å². The summed E-state index contributed by atoms with van der Waals surface area (Å²) in [6, 6.07) is 2.55. The smallest absolute Gasteiger partial charge is 0.305 e. The molecule has 7 heteroatoms. The maximum atomic E-state index is 11.3. The van der Waals surface area contributed by atoms with Crippen molar-refractivity contribution in [1.82, 2.24) is 5.32 Å². The molecule has 1 aromatic rings. The summed E-state index contributed by atoms with van der Waals surface area (Å²) < 4.78 is 15.7. The Morgan fingerprint density at radius 1 is 1.14 bits per heavy atom. The van der Waals surface area contributed by atoms with E-state index in [1.54, 1.807) is 12.1 Å². The summed E-state index contributed by atoms with van der Waals surface area (Å²) in [5.74, 6) is -0.242. The van der Waals surface area contributed by atoms with Gasteiger partial charge in [0.25, 0.3) is 0 Å². The van der Waals surface area contributed by atoms with Gasteiger partial charge in [-0.1, -0.05) is 0 Å². The topological polar surface area (TPSA) is 94.1 Å². The Bertz CT molecular complexity index is 512. The van der Waals surface area contributed by atoms with Crippen LogP contribution in [0, 0.1) is 0 Å². The van der Waals surface area contributed by atoms with E-state index >= 15 is 0 Å². The fraction of sp³-hybridized carbons (Fsp3) is 0.429. The number of amides is 1. The van der Waals surface area contributed by atoms with Crippen molar-refractivity contribution in [2.45, 2.75) is 19.4 Å². The van der Waals surface area contributed by atoms with Crippen LogP contribution in [0.1, 0.15) is 24.9 Å². The van der Waals surface area contributed by atoms with Gasteiger partial charge in [0.15, 0.2) is 11.5 Å². The molecule has 0 saturated heterocycles. The third kappa shape index (κ3) is 4.01. The zero-order chi connectivity index (χ0) is 16.0.